The number of rotatable bonds is 8. The summed E-state index contributed by atoms with van der Waals surface area (Å²) in [4.78, 5) is 33.0. The van der Waals surface area contributed by atoms with Crippen LogP contribution < -0.4 is 15.8 Å². The molecule has 2 atom stereocenters. The van der Waals surface area contributed by atoms with E-state index in [1.165, 1.54) is 0 Å². The number of amides is 2. The third-order valence-corrected chi connectivity index (χ3v) is 6.04. The van der Waals surface area contributed by atoms with Crippen molar-refractivity contribution in [3.63, 3.8) is 0 Å². The summed E-state index contributed by atoms with van der Waals surface area (Å²) < 4.78 is 5.42. The second-order valence-corrected chi connectivity index (χ2v) is 8.57. The highest BCUT2D eigenvalue weighted by molar-refractivity contribution is 5.93. The maximum Gasteiger partial charge on any atom is 0.247 e. The fraction of sp³-hybridized carbons (Fsp3) is 0.522. The lowest BCUT2D eigenvalue weighted by Crippen LogP contribution is -2.54. The van der Waals surface area contributed by atoms with E-state index in [1.54, 1.807) is 30.0 Å². The van der Waals surface area contributed by atoms with Crippen LogP contribution in [-0.4, -0.2) is 64.5 Å². The summed E-state index contributed by atoms with van der Waals surface area (Å²) in [7, 11) is 1.65. The summed E-state index contributed by atoms with van der Waals surface area (Å²) in [6.07, 6.45) is 3.43. The highest BCUT2D eigenvalue weighted by atomic mass is 16.5. The molecule has 1 aliphatic heterocycles. The molecule has 8 heteroatoms. The average Bonchev–Trinajstić information content (AvgIpc) is 2.91. The van der Waals surface area contributed by atoms with Gasteiger partial charge in [0.15, 0.2) is 0 Å². The first-order valence-electron chi connectivity index (χ1n) is 10.7. The van der Waals surface area contributed by atoms with Gasteiger partial charge in [-0.2, -0.15) is 0 Å². The predicted octanol–water partition coefficient (Wildman–Crippen LogP) is 2.58. The van der Waals surface area contributed by atoms with E-state index in [0.717, 1.165) is 35.2 Å². The first kappa shape index (κ1) is 22.8. The Hall–Kier alpha value is -2.87. The van der Waals surface area contributed by atoms with Gasteiger partial charge in [-0.15, -0.1) is 0 Å². The Morgan fingerprint density at radius 2 is 2.13 bits per heavy atom. The van der Waals surface area contributed by atoms with Crippen LogP contribution >= 0.6 is 0 Å². The number of nitrogens with zero attached hydrogens (tertiary/aromatic N) is 3. The van der Waals surface area contributed by atoms with Crippen LogP contribution in [-0.2, 0) is 9.59 Å². The van der Waals surface area contributed by atoms with Gasteiger partial charge in [-0.1, -0.05) is 6.07 Å². The van der Waals surface area contributed by atoms with Crippen LogP contribution in [0.2, 0.25) is 0 Å². The van der Waals surface area contributed by atoms with Crippen molar-refractivity contribution in [2.75, 3.05) is 25.5 Å². The van der Waals surface area contributed by atoms with Gasteiger partial charge in [0.25, 0.3) is 0 Å². The number of methoxy groups -OCH3 is 1. The molecule has 1 saturated heterocycles. The van der Waals surface area contributed by atoms with Crippen LogP contribution in [0.25, 0.3) is 10.9 Å². The minimum absolute atomic E-state index is 0.0320. The molecule has 31 heavy (non-hydrogen) atoms. The number of hydrogen-bond acceptors (Lipinski definition) is 6. The molecular formula is C23H33N5O3. The van der Waals surface area contributed by atoms with Gasteiger partial charge in [0.1, 0.15) is 17.5 Å². The summed E-state index contributed by atoms with van der Waals surface area (Å²) in [5.74, 6) is 0.537. The van der Waals surface area contributed by atoms with Crippen LogP contribution in [0.15, 0.2) is 30.5 Å². The second kappa shape index (κ2) is 9.09. The van der Waals surface area contributed by atoms with Gasteiger partial charge in [0.05, 0.1) is 24.9 Å². The third kappa shape index (κ3) is 4.44. The van der Waals surface area contributed by atoms with Gasteiger partial charge in [-0.25, -0.2) is 0 Å². The molecule has 3 N–H and O–H groups in total. The zero-order chi connectivity index (χ0) is 22.8. The van der Waals surface area contributed by atoms with Gasteiger partial charge in [0, 0.05) is 30.2 Å². The lowest BCUT2D eigenvalue weighted by molar-refractivity contribution is -0.137. The molecule has 1 unspecified atom stereocenters. The van der Waals surface area contributed by atoms with Crippen LogP contribution in [0.5, 0.6) is 5.75 Å². The zero-order valence-electron chi connectivity index (χ0n) is 19.0. The van der Waals surface area contributed by atoms with Crippen molar-refractivity contribution in [1.29, 1.82) is 0 Å². The van der Waals surface area contributed by atoms with Crippen molar-refractivity contribution in [2.45, 2.75) is 58.3 Å². The minimum atomic E-state index is -0.684. The van der Waals surface area contributed by atoms with E-state index in [2.05, 4.69) is 17.2 Å². The highest BCUT2D eigenvalue weighted by Crippen LogP contribution is 2.32. The maximum absolute atomic E-state index is 12.8. The Bertz CT molecular complexity index is 961. The Morgan fingerprint density at radius 3 is 2.81 bits per heavy atom. The van der Waals surface area contributed by atoms with Crippen molar-refractivity contribution in [2.24, 2.45) is 5.73 Å². The van der Waals surface area contributed by atoms with Gasteiger partial charge < -0.3 is 25.6 Å². The number of hydrogen-bond donors (Lipinski definition) is 2. The molecule has 168 valence electrons. The molecule has 1 aliphatic rings. The van der Waals surface area contributed by atoms with E-state index in [-0.39, 0.29) is 24.4 Å². The molecule has 0 bridgehead atoms. The molecule has 2 heterocycles. The standard InChI is InChI=1S/C23H33N5O3/c1-15(26-19-13-18(31-5)12-17-9-6-10-25-21(17)19)8-7-11-27-22(30)16(2)28(20(29)14-24)23(27,3)4/h6,9-10,12-13,15-16,26H,7-8,11,14,24H2,1-5H3/t15?,16-/m1/s1. The minimum Gasteiger partial charge on any atom is -0.497 e. The van der Waals surface area contributed by atoms with E-state index in [0.29, 0.717) is 6.54 Å². The molecular weight excluding hydrogens is 394 g/mol. The maximum atomic E-state index is 12.8. The molecule has 0 saturated carbocycles. The van der Waals surface area contributed by atoms with Crippen LogP contribution in [0, 0.1) is 0 Å². The SMILES string of the molecule is COc1cc(NC(C)CCCN2C(=O)[C@@H](C)N(C(=O)CN)C2(C)C)c2ncccc2c1. The molecule has 1 fully saturated rings. The van der Waals surface area contributed by atoms with Gasteiger partial charge in [-0.05, 0) is 52.7 Å². The van der Waals surface area contributed by atoms with Crippen molar-refractivity contribution in [3.05, 3.63) is 30.5 Å². The number of carbonyl (C=O) groups excluding carboxylic acids is 2. The number of carbonyl (C=O) groups is 2. The number of fused-ring (bicyclic) bond motifs is 1. The van der Waals surface area contributed by atoms with E-state index in [9.17, 15) is 9.59 Å². The summed E-state index contributed by atoms with van der Waals surface area (Å²) in [5.41, 5.74) is 6.70. The topological polar surface area (TPSA) is 101 Å². The lowest BCUT2D eigenvalue weighted by atomic mass is 10.1. The molecule has 8 nitrogen and oxygen atoms in total. The number of benzene rings is 1. The Kier molecular flexibility index (Phi) is 6.69. The van der Waals surface area contributed by atoms with Crippen molar-refractivity contribution >= 4 is 28.4 Å². The lowest BCUT2D eigenvalue weighted by Gasteiger charge is -2.38. The van der Waals surface area contributed by atoms with Crippen molar-refractivity contribution in [1.82, 2.24) is 14.8 Å². The fourth-order valence-electron chi connectivity index (χ4n) is 4.50. The first-order chi connectivity index (χ1) is 14.7. The molecule has 2 amide bonds. The smallest absolute Gasteiger partial charge is 0.247 e. The molecule has 0 radical (unpaired) electrons. The van der Waals surface area contributed by atoms with Crippen LogP contribution in [0.1, 0.15) is 40.5 Å². The molecule has 0 spiro atoms. The Labute approximate surface area is 183 Å². The van der Waals surface area contributed by atoms with Crippen molar-refractivity contribution in [3.8, 4) is 5.75 Å². The summed E-state index contributed by atoms with van der Waals surface area (Å²) in [6, 6.07) is 7.51. The third-order valence-electron chi connectivity index (χ3n) is 6.04. The molecule has 0 aliphatic carbocycles. The number of pyridine rings is 1. The average molecular weight is 428 g/mol. The zero-order valence-corrected chi connectivity index (χ0v) is 19.0. The number of nitrogens with two attached hydrogens (primary N) is 1. The number of anilines is 1. The highest BCUT2D eigenvalue weighted by Gasteiger charge is 2.50. The number of nitrogens with one attached hydrogen (secondary N) is 1. The van der Waals surface area contributed by atoms with Crippen LogP contribution in [0.3, 0.4) is 0 Å². The number of ether oxygens (including phenoxy) is 1. The fourth-order valence-corrected chi connectivity index (χ4v) is 4.50. The molecule has 1 aromatic carbocycles. The van der Waals surface area contributed by atoms with E-state index in [1.807, 2.05) is 38.1 Å². The van der Waals surface area contributed by atoms with E-state index < -0.39 is 11.7 Å². The summed E-state index contributed by atoms with van der Waals surface area (Å²) >= 11 is 0. The largest absolute Gasteiger partial charge is 0.497 e. The summed E-state index contributed by atoms with van der Waals surface area (Å²) in [5, 5.41) is 4.55. The molecule has 2 aromatic rings. The molecule has 1 aromatic heterocycles. The van der Waals surface area contributed by atoms with Gasteiger partial charge in [0.2, 0.25) is 11.8 Å². The summed E-state index contributed by atoms with van der Waals surface area (Å²) in [6.45, 7) is 8.15. The first-order valence-corrected chi connectivity index (χ1v) is 10.7. The van der Waals surface area contributed by atoms with Gasteiger partial charge in [-0.3, -0.25) is 14.6 Å². The molecule has 3 rings (SSSR count). The predicted molar refractivity (Wildman–Crippen MR) is 122 cm³/mol. The Morgan fingerprint density at radius 1 is 1.39 bits per heavy atom. The monoisotopic (exact) mass is 427 g/mol. The quantitative estimate of drug-likeness (QED) is 0.672. The normalized spacial score (nSPS) is 19.0. The second-order valence-electron chi connectivity index (χ2n) is 8.57. The van der Waals surface area contributed by atoms with Crippen molar-refractivity contribution < 1.29 is 14.3 Å². The van der Waals surface area contributed by atoms with Gasteiger partial charge >= 0.3 is 0 Å². The number of aromatic nitrogens is 1. The van der Waals surface area contributed by atoms with E-state index >= 15 is 0 Å². The van der Waals surface area contributed by atoms with Crippen LogP contribution in [0.4, 0.5) is 5.69 Å². The van der Waals surface area contributed by atoms with E-state index in [4.69, 9.17) is 10.5 Å². The Balaban J connectivity index is 1.65.